The number of carbonyl (C=O) groups is 1. The number of aryl methyl sites for hydroxylation is 2. The Morgan fingerprint density at radius 1 is 1.20 bits per heavy atom. The van der Waals surface area contributed by atoms with Gasteiger partial charge in [-0.05, 0) is 44.6 Å². The third-order valence-corrected chi connectivity index (χ3v) is 2.47. The Labute approximate surface area is 91.9 Å². The zero-order chi connectivity index (χ0) is 11.4. The fourth-order valence-electron chi connectivity index (χ4n) is 1.55. The van der Waals surface area contributed by atoms with Crippen molar-refractivity contribution in [3.63, 3.8) is 0 Å². The number of carbonyl (C=O) groups excluding carboxylic acids is 1. The second-order valence-corrected chi connectivity index (χ2v) is 4.37. The van der Waals surface area contributed by atoms with Crippen molar-refractivity contribution in [2.75, 3.05) is 20.6 Å². The first-order valence-electron chi connectivity index (χ1n) is 5.21. The molecular weight excluding hydrogens is 186 g/mol. The molecule has 0 aliphatic heterocycles. The lowest BCUT2D eigenvalue weighted by Crippen LogP contribution is -2.22. The highest BCUT2D eigenvalue weighted by Gasteiger charge is 2.05. The van der Waals surface area contributed by atoms with E-state index in [0.717, 1.165) is 5.56 Å². The molecule has 0 radical (unpaired) electrons. The Hall–Kier alpha value is -1.15. The fourth-order valence-corrected chi connectivity index (χ4v) is 1.55. The van der Waals surface area contributed by atoms with E-state index < -0.39 is 0 Å². The summed E-state index contributed by atoms with van der Waals surface area (Å²) >= 11 is 0. The molecule has 2 heteroatoms. The summed E-state index contributed by atoms with van der Waals surface area (Å²) in [5.41, 5.74) is 3.65. The molecule has 0 unspecified atom stereocenters. The summed E-state index contributed by atoms with van der Waals surface area (Å²) in [5.74, 6) is 0.267. The highest BCUT2D eigenvalue weighted by Crippen LogP contribution is 2.10. The minimum atomic E-state index is 0.267. The largest absolute Gasteiger partial charge is 0.302 e. The molecule has 0 spiro atoms. The van der Waals surface area contributed by atoms with Crippen LogP contribution in [0.25, 0.3) is 0 Å². The monoisotopic (exact) mass is 205 g/mol. The molecule has 0 atom stereocenters. The van der Waals surface area contributed by atoms with Crippen molar-refractivity contribution in [2.45, 2.75) is 20.3 Å². The molecule has 82 valence electrons. The Bertz CT molecular complexity index is 356. The number of rotatable bonds is 4. The molecular formula is C13H19NO. The Morgan fingerprint density at radius 2 is 1.87 bits per heavy atom. The van der Waals surface area contributed by atoms with Gasteiger partial charge >= 0.3 is 0 Å². The van der Waals surface area contributed by atoms with Crippen LogP contribution in [-0.2, 0) is 11.2 Å². The molecule has 1 rings (SSSR count). The van der Waals surface area contributed by atoms with Crippen LogP contribution in [0.15, 0.2) is 18.2 Å². The summed E-state index contributed by atoms with van der Waals surface area (Å²) in [6.45, 7) is 4.68. The molecule has 0 N–H and O–H groups in total. The van der Waals surface area contributed by atoms with E-state index >= 15 is 0 Å². The molecule has 0 saturated carbocycles. The van der Waals surface area contributed by atoms with Gasteiger partial charge in [-0.15, -0.1) is 0 Å². The van der Waals surface area contributed by atoms with E-state index in [1.807, 2.05) is 25.1 Å². The van der Waals surface area contributed by atoms with Crippen molar-refractivity contribution < 1.29 is 4.79 Å². The molecule has 2 nitrogen and oxygen atoms in total. The average molecular weight is 205 g/mol. The van der Waals surface area contributed by atoms with E-state index in [-0.39, 0.29) is 5.78 Å². The summed E-state index contributed by atoms with van der Waals surface area (Å²) < 4.78 is 0. The summed E-state index contributed by atoms with van der Waals surface area (Å²) in [5, 5.41) is 0. The maximum atomic E-state index is 11.6. The Morgan fingerprint density at radius 3 is 2.40 bits per heavy atom. The maximum absolute atomic E-state index is 11.6. The number of benzene rings is 1. The SMILES string of the molecule is Cc1ccc(CC(=O)CN(C)C)cc1C. The van der Waals surface area contributed by atoms with Crippen LogP contribution in [0, 0.1) is 13.8 Å². The molecule has 0 aliphatic rings. The minimum absolute atomic E-state index is 0.267. The van der Waals surface area contributed by atoms with Crippen molar-refractivity contribution >= 4 is 5.78 Å². The van der Waals surface area contributed by atoms with Crippen molar-refractivity contribution in [1.82, 2.24) is 4.90 Å². The quantitative estimate of drug-likeness (QED) is 0.749. The van der Waals surface area contributed by atoms with Gasteiger partial charge in [0.05, 0.1) is 6.54 Å². The van der Waals surface area contributed by atoms with Crippen LogP contribution in [-0.4, -0.2) is 31.3 Å². The van der Waals surface area contributed by atoms with E-state index in [2.05, 4.69) is 26.0 Å². The predicted octanol–water partition coefficient (Wildman–Crippen LogP) is 1.98. The number of hydrogen-bond donors (Lipinski definition) is 0. The fraction of sp³-hybridized carbons (Fsp3) is 0.462. The molecule has 1 aromatic carbocycles. The number of nitrogens with zero attached hydrogens (tertiary/aromatic N) is 1. The number of Topliss-reactive ketones (excluding diaryl/α,β-unsaturated/α-hetero) is 1. The molecule has 0 aliphatic carbocycles. The first-order chi connectivity index (χ1) is 6.99. The zero-order valence-corrected chi connectivity index (χ0v) is 10.0. The average Bonchev–Trinajstić information content (AvgIpc) is 2.10. The predicted molar refractivity (Wildman–Crippen MR) is 63.2 cm³/mol. The molecule has 0 bridgehead atoms. The lowest BCUT2D eigenvalue weighted by atomic mass is 10.0. The highest BCUT2D eigenvalue weighted by molar-refractivity contribution is 5.82. The summed E-state index contributed by atoms with van der Waals surface area (Å²) in [7, 11) is 3.83. The number of likely N-dealkylation sites (N-methyl/N-ethyl adjacent to an activating group) is 1. The normalized spacial score (nSPS) is 10.7. The number of hydrogen-bond acceptors (Lipinski definition) is 2. The van der Waals surface area contributed by atoms with Gasteiger partial charge in [0.1, 0.15) is 0 Å². The van der Waals surface area contributed by atoms with Gasteiger partial charge in [-0.2, -0.15) is 0 Å². The second kappa shape index (κ2) is 5.08. The van der Waals surface area contributed by atoms with Crippen molar-refractivity contribution in [2.24, 2.45) is 0 Å². The first-order valence-corrected chi connectivity index (χ1v) is 5.21. The molecule has 0 aromatic heterocycles. The van der Waals surface area contributed by atoms with Gasteiger partial charge in [0.25, 0.3) is 0 Å². The second-order valence-electron chi connectivity index (χ2n) is 4.37. The molecule has 0 fully saturated rings. The smallest absolute Gasteiger partial charge is 0.151 e. The van der Waals surface area contributed by atoms with Gasteiger partial charge in [0, 0.05) is 6.42 Å². The number of ketones is 1. The lowest BCUT2D eigenvalue weighted by Gasteiger charge is -2.09. The summed E-state index contributed by atoms with van der Waals surface area (Å²) in [6.07, 6.45) is 0.541. The van der Waals surface area contributed by atoms with Gasteiger partial charge in [-0.3, -0.25) is 4.79 Å². The van der Waals surface area contributed by atoms with Crippen LogP contribution < -0.4 is 0 Å². The van der Waals surface area contributed by atoms with Crippen LogP contribution in [0.2, 0.25) is 0 Å². The third kappa shape index (κ3) is 3.84. The van der Waals surface area contributed by atoms with Crippen molar-refractivity contribution in [1.29, 1.82) is 0 Å². The summed E-state index contributed by atoms with van der Waals surface area (Å²) in [6, 6.07) is 6.21. The first kappa shape index (κ1) is 11.9. The molecule has 0 heterocycles. The van der Waals surface area contributed by atoms with E-state index in [1.54, 1.807) is 0 Å². The van der Waals surface area contributed by atoms with Crippen molar-refractivity contribution in [3.05, 3.63) is 34.9 Å². The standard InChI is InChI=1S/C13H19NO/c1-10-5-6-12(7-11(10)2)8-13(15)9-14(3)4/h5-7H,8-9H2,1-4H3. The maximum Gasteiger partial charge on any atom is 0.151 e. The summed E-state index contributed by atoms with van der Waals surface area (Å²) in [4.78, 5) is 13.5. The van der Waals surface area contributed by atoms with E-state index in [9.17, 15) is 4.79 Å². The Kier molecular flexibility index (Phi) is 4.04. The van der Waals surface area contributed by atoms with Gasteiger partial charge in [-0.25, -0.2) is 0 Å². The van der Waals surface area contributed by atoms with Gasteiger partial charge < -0.3 is 4.90 Å². The molecule has 15 heavy (non-hydrogen) atoms. The molecule has 0 amide bonds. The van der Waals surface area contributed by atoms with Crippen LogP contribution in [0.4, 0.5) is 0 Å². The van der Waals surface area contributed by atoms with Gasteiger partial charge in [0.15, 0.2) is 5.78 Å². The van der Waals surface area contributed by atoms with Gasteiger partial charge in [0.2, 0.25) is 0 Å². The van der Waals surface area contributed by atoms with Crippen LogP contribution in [0.5, 0.6) is 0 Å². The van der Waals surface area contributed by atoms with E-state index in [1.165, 1.54) is 11.1 Å². The van der Waals surface area contributed by atoms with Crippen LogP contribution >= 0.6 is 0 Å². The van der Waals surface area contributed by atoms with Gasteiger partial charge in [-0.1, -0.05) is 18.2 Å². The highest BCUT2D eigenvalue weighted by atomic mass is 16.1. The van der Waals surface area contributed by atoms with Crippen LogP contribution in [0.3, 0.4) is 0 Å². The van der Waals surface area contributed by atoms with E-state index in [0.29, 0.717) is 13.0 Å². The van der Waals surface area contributed by atoms with E-state index in [4.69, 9.17) is 0 Å². The third-order valence-electron chi connectivity index (χ3n) is 2.47. The Balaban J connectivity index is 2.65. The molecule has 1 aromatic rings. The minimum Gasteiger partial charge on any atom is -0.302 e. The lowest BCUT2D eigenvalue weighted by molar-refractivity contribution is -0.119. The van der Waals surface area contributed by atoms with Crippen molar-refractivity contribution in [3.8, 4) is 0 Å². The van der Waals surface area contributed by atoms with Crippen LogP contribution in [0.1, 0.15) is 16.7 Å². The zero-order valence-electron chi connectivity index (χ0n) is 10.0. The molecule has 0 saturated heterocycles. The topological polar surface area (TPSA) is 20.3 Å².